The van der Waals surface area contributed by atoms with Gasteiger partial charge in [-0.3, -0.25) is 4.79 Å². The van der Waals surface area contributed by atoms with Crippen molar-refractivity contribution in [2.24, 2.45) is 0 Å². The molecule has 2 aliphatic heterocycles. The molecule has 0 bridgehead atoms. The fourth-order valence-corrected chi connectivity index (χ4v) is 6.17. The average Bonchev–Trinajstić information content (AvgIpc) is 2.89. The number of amides is 1. The SMILES string of the molecule is CNC(=O)C1O[P+]2(OC(C)(C)C(C)(C)O2)N(C)C1c1ccccc1. The molecule has 2 unspecified atom stereocenters. The monoisotopic (exact) mass is 353 g/mol. The number of likely N-dealkylation sites (N-methyl/N-ethyl adjacent to an activating group) is 2. The van der Waals surface area contributed by atoms with Gasteiger partial charge in [0.05, 0.1) is 0 Å². The van der Waals surface area contributed by atoms with E-state index in [1.165, 1.54) is 0 Å². The smallest absolute Gasteiger partial charge is 0.357 e. The lowest BCUT2D eigenvalue weighted by Gasteiger charge is -2.24. The minimum absolute atomic E-state index is 0.178. The first-order valence-corrected chi connectivity index (χ1v) is 9.62. The normalized spacial score (nSPS) is 30.6. The third kappa shape index (κ3) is 2.57. The Kier molecular flexibility index (Phi) is 4.26. The minimum atomic E-state index is -2.80. The van der Waals surface area contributed by atoms with E-state index in [4.69, 9.17) is 13.6 Å². The maximum atomic E-state index is 12.5. The molecule has 2 fully saturated rings. The molecular formula is C17H26N2O4P+. The summed E-state index contributed by atoms with van der Waals surface area (Å²) in [4.78, 5) is 12.5. The minimum Gasteiger partial charge on any atom is -0.357 e. The third-order valence-corrected chi connectivity index (χ3v) is 7.99. The number of nitrogens with one attached hydrogen (secondary N) is 1. The number of carbonyl (C=O) groups excluding carboxylic acids is 1. The molecule has 2 heterocycles. The summed E-state index contributed by atoms with van der Waals surface area (Å²) < 4.78 is 20.8. The van der Waals surface area contributed by atoms with Crippen LogP contribution in [0.2, 0.25) is 0 Å². The Hall–Kier alpha value is -1.04. The first-order valence-electron chi connectivity index (χ1n) is 8.12. The molecule has 132 valence electrons. The molecular weight excluding hydrogens is 327 g/mol. The predicted molar refractivity (Wildman–Crippen MR) is 93.1 cm³/mol. The fraction of sp³-hybridized carbons (Fsp3) is 0.588. The van der Waals surface area contributed by atoms with Crippen molar-refractivity contribution in [3.63, 3.8) is 0 Å². The summed E-state index contributed by atoms with van der Waals surface area (Å²) >= 11 is 0. The van der Waals surface area contributed by atoms with Crippen LogP contribution in [0.5, 0.6) is 0 Å². The molecule has 0 radical (unpaired) electrons. The molecule has 1 spiro atoms. The van der Waals surface area contributed by atoms with Gasteiger partial charge in [0.2, 0.25) is 6.10 Å². The predicted octanol–water partition coefficient (Wildman–Crippen LogP) is 3.09. The Morgan fingerprint density at radius 1 is 1.12 bits per heavy atom. The second-order valence-corrected chi connectivity index (χ2v) is 9.39. The molecule has 7 heteroatoms. The Morgan fingerprint density at radius 3 is 2.17 bits per heavy atom. The van der Waals surface area contributed by atoms with Crippen LogP contribution in [0.15, 0.2) is 30.3 Å². The summed E-state index contributed by atoms with van der Waals surface area (Å²) in [5.74, 6) is -0.178. The molecule has 1 amide bonds. The second-order valence-electron chi connectivity index (χ2n) is 7.24. The Bertz CT molecular complexity index is 619. The van der Waals surface area contributed by atoms with Crippen molar-refractivity contribution >= 4 is 14.0 Å². The van der Waals surface area contributed by atoms with E-state index in [1.54, 1.807) is 7.05 Å². The van der Waals surface area contributed by atoms with Crippen LogP contribution < -0.4 is 5.32 Å². The van der Waals surface area contributed by atoms with Gasteiger partial charge in [-0.25, -0.2) is 0 Å². The largest absolute Gasteiger partial charge is 0.506 e. The lowest BCUT2D eigenvalue weighted by atomic mass is 9.90. The Morgan fingerprint density at radius 2 is 1.67 bits per heavy atom. The lowest BCUT2D eigenvalue weighted by Crippen LogP contribution is -2.41. The lowest BCUT2D eigenvalue weighted by molar-refractivity contribution is -0.128. The van der Waals surface area contributed by atoms with Gasteiger partial charge in [-0.2, -0.15) is 9.05 Å². The van der Waals surface area contributed by atoms with Crippen molar-refractivity contribution in [3.8, 4) is 0 Å². The quantitative estimate of drug-likeness (QED) is 0.828. The van der Waals surface area contributed by atoms with Crippen LogP contribution in [-0.4, -0.2) is 42.0 Å². The van der Waals surface area contributed by atoms with Crippen molar-refractivity contribution in [1.82, 2.24) is 9.99 Å². The van der Waals surface area contributed by atoms with Gasteiger partial charge in [0, 0.05) is 14.1 Å². The van der Waals surface area contributed by atoms with Gasteiger partial charge in [0.1, 0.15) is 17.2 Å². The average molecular weight is 353 g/mol. The van der Waals surface area contributed by atoms with Crippen LogP contribution in [0.25, 0.3) is 0 Å². The molecule has 24 heavy (non-hydrogen) atoms. The van der Waals surface area contributed by atoms with Crippen LogP contribution >= 0.6 is 8.09 Å². The van der Waals surface area contributed by atoms with Crippen molar-refractivity contribution in [2.75, 3.05) is 14.1 Å². The molecule has 2 saturated heterocycles. The summed E-state index contributed by atoms with van der Waals surface area (Å²) in [6, 6.07) is 9.59. The topological polar surface area (TPSA) is 60.0 Å². The van der Waals surface area contributed by atoms with Gasteiger partial charge < -0.3 is 5.32 Å². The van der Waals surface area contributed by atoms with Gasteiger partial charge in [-0.1, -0.05) is 35.0 Å². The van der Waals surface area contributed by atoms with E-state index in [2.05, 4.69) is 5.32 Å². The van der Waals surface area contributed by atoms with Crippen molar-refractivity contribution in [3.05, 3.63) is 35.9 Å². The van der Waals surface area contributed by atoms with Gasteiger partial charge in [0.25, 0.3) is 5.91 Å². The number of nitrogens with zero attached hydrogens (tertiary/aromatic N) is 1. The number of carbonyl (C=O) groups is 1. The van der Waals surface area contributed by atoms with Gasteiger partial charge >= 0.3 is 8.09 Å². The highest BCUT2D eigenvalue weighted by Gasteiger charge is 2.76. The number of hydrogen-bond acceptors (Lipinski definition) is 5. The first-order chi connectivity index (χ1) is 11.1. The molecule has 2 atom stereocenters. The molecule has 6 nitrogen and oxygen atoms in total. The van der Waals surface area contributed by atoms with E-state index in [9.17, 15) is 4.79 Å². The second kappa shape index (κ2) is 5.75. The van der Waals surface area contributed by atoms with Crippen molar-refractivity contribution in [2.45, 2.75) is 51.0 Å². The number of rotatable bonds is 2. The molecule has 2 aliphatic rings. The summed E-state index contributed by atoms with van der Waals surface area (Å²) in [5, 5.41) is 2.69. The third-order valence-electron chi connectivity index (χ3n) is 5.11. The van der Waals surface area contributed by atoms with E-state index in [-0.39, 0.29) is 11.9 Å². The van der Waals surface area contributed by atoms with E-state index >= 15 is 0 Å². The molecule has 0 aromatic heterocycles. The first kappa shape index (κ1) is 17.8. The molecule has 0 aliphatic carbocycles. The molecule has 3 rings (SSSR count). The molecule has 1 aromatic rings. The van der Waals surface area contributed by atoms with Crippen LogP contribution in [0.1, 0.15) is 39.3 Å². The summed E-state index contributed by atoms with van der Waals surface area (Å²) in [7, 11) is 0.717. The zero-order valence-corrected chi connectivity index (χ0v) is 16.0. The fourth-order valence-electron chi connectivity index (χ4n) is 2.99. The zero-order valence-electron chi connectivity index (χ0n) is 15.1. The van der Waals surface area contributed by atoms with Crippen LogP contribution in [0.4, 0.5) is 0 Å². The maximum Gasteiger partial charge on any atom is 0.506 e. The van der Waals surface area contributed by atoms with E-state index in [0.717, 1.165) is 5.56 Å². The summed E-state index contributed by atoms with van der Waals surface area (Å²) in [6.07, 6.45) is -0.680. The van der Waals surface area contributed by atoms with Crippen LogP contribution in [0, 0.1) is 0 Å². The van der Waals surface area contributed by atoms with Crippen molar-refractivity contribution in [1.29, 1.82) is 0 Å². The highest BCUT2D eigenvalue weighted by atomic mass is 31.2. The van der Waals surface area contributed by atoms with Gasteiger partial charge in [0.15, 0.2) is 0 Å². The molecule has 0 saturated carbocycles. The Labute approximate surface area is 144 Å². The summed E-state index contributed by atoms with van der Waals surface area (Å²) in [5.41, 5.74) is -0.0398. The van der Waals surface area contributed by atoms with E-state index < -0.39 is 25.4 Å². The van der Waals surface area contributed by atoms with Crippen LogP contribution in [-0.2, 0) is 18.4 Å². The maximum absolute atomic E-state index is 12.5. The molecule has 1 aromatic carbocycles. The highest BCUT2D eigenvalue weighted by molar-refractivity contribution is 7.59. The number of hydrogen-bond donors (Lipinski definition) is 1. The van der Waals surface area contributed by atoms with Crippen LogP contribution in [0.3, 0.4) is 0 Å². The molecule has 1 N–H and O–H groups in total. The van der Waals surface area contributed by atoms with Crippen molar-refractivity contribution < 1.29 is 18.4 Å². The van der Waals surface area contributed by atoms with E-state index in [1.807, 2.05) is 69.7 Å². The van der Waals surface area contributed by atoms with Gasteiger partial charge in [-0.15, -0.1) is 4.52 Å². The van der Waals surface area contributed by atoms with E-state index in [0.29, 0.717) is 0 Å². The Balaban J connectivity index is 2.03. The highest BCUT2D eigenvalue weighted by Crippen LogP contribution is 2.80. The standard InChI is InChI=1S/C17H25N2O4P/c1-16(2)17(3,4)23-24(22-16)19(6)13(12-10-8-7-9-11-12)14(21-24)15(20)18-5/h7-11,13-14H,1-6H3/p+1. The van der Waals surface area contributed by atoms with Gasteiger partial charge in [-0.05, 0) is 33.3 Å². The summed E-state index contributed by atoms with van der Waals surface area (Å²) in [6.45, 7) is 7.96. The zero-order chi connectivity index (χ0) is 17.8. The number of benzene rings is 1.